The zero-order chi connectivity index (χ0) is 14.8. The van der Waals surface area contributed by atoms with Gasteiger partial charge < -0.3 is 0 Å². The van der Waals surface area contributed by atoms with Crippen LogP contribution in [0.15, 0.2) is 24.3 Å². The Labute approximate surface area is 128 Å². The molecule has 112 valence electrons. The number of carbonyl (C=O) groups excluding carboxylic acids is 1. The average Bonchev–Trinajstić information content (AvgIpc) is 2.51. The predicted molar refractivity (Wildman–Crippen MR) is 88.2 cm³/mol. The van der Waals surface area contributed by atoms with Crippen molar-refractivity contribution in [3.8, 4) is 0 Å². The second-order valence-corrected chi connectivity index (χ2v) is 6.89. The molecule has 2 aliphatic rings. The second kappa shape index (κ2) is 6.17. The van der Waals surface area contributed by atoms with Crippen molar-refractivity contribution in [2.24, 2.45) is 11.8 Å². The summed E-state index contributed by atoms with van der Waals surface area (Å²) in [6, 6.07) is 6.65. The van der Waals surface area contributed by atoms with Crippen LogP contribution in [0.5, 0.6) is 0 Å². The summed E-state index contributed by atoms with van der Waals surface area (Å²) >= 11 is 0. The Bertz CT molecular complexity index is 557. The standard InChI is InChI=1S/C20H26O/c1-14-4-3-5-20(15(14)2)18-8-6-16(7-9-18)17-10-12-19(21)13-11-17/h3-5,8,16-17H,6-7,9-13H2,1-2H3. The molecule has 1 unspecified atom stereocenters. The fraction of sp³-hybridized carbons (Fsp3) is 0.550. The summed E-state index contributed by atoms with van der Waals surface area (Å²) < 4.78 is 0. The van der Waals surface area contributed by atoms with E-state index in [1.165, 1.54) is 36.0 Å². The molecule has 0 aromatic heterocycles. The van der Waals surface area contributed by atoms with Gasteiger partial charge in [-0.25, -0.2) is 0 Å². The van der Waals surface area contributed by atoms with E-state index >= 15 is 0 Å². The monoisotopic (exact) mass is 282 g/mol. The predicted octanol–water partition coefficient (Wildman–Crippen LogP) is 5.25. The molecule has 3 rings (SSSR count). The van der Waals surface area contributed by atoms with Gasteiger partial charge in [-0.1, -0.05) is 24.3 Å². The topological polar surface area (TPSA) is 17.1 Å². The molecule has 2 aliphatic carbocycles. The van der Waals surface area contributed by atoms with Crippen LogP contribution >= 0.6 is 0 Å². The third-order valence-electron chi connectivity index (χ3n) is 5.66. The van der Waals surface area contributed by atoms with Crippen LogP contribution < -0.4 is 0 Å². The fourth-order valence-electron chi connectivity index (χ4n) is 4.06. The Hall–Kier alpha value is -1.37. The lowest BCUT2D eigenvalue weighted by molar-refractivity contribution is -0.121. The van der Waals surface area contributed by atoms with Crippen LogP contribution in [0.3, 0.4) is 0 Å². The Morgan fingerprint density at radius 1 is 0.952 bits per heavy atom. The summed E-state index contributed by atoms with van der Waals surface area (Å²) in [6.07, 6.45) is 10.1. The van der Waals surface area contributed by atoms with E-state index in [-0.39, 0.29) is 0 Å². The summed E-state index contributed by atoms with van der Waals surface area (Å²) in [5.41, 5.74) is 5.82. The molecule has 0 bridgehead atoms. The molecule has 1 saturated carbocycles. The lowest BCUT2D eigenvalue weighted by Crippen LogP contribution is -2.23. The van der Waals surface area contributed by atoms with E-state index in [0.29, 0.717) is 5.78 Å². The van der Waals surface area contributed by atoms with Crippen molar-refractivity contribution in [2.75, 3.05) is 0 Å². The zero-order valence-electron chi connectivity index (χ0n) is 13.3. The Morgan fingerprint density at radius 3 is 2.33 bits per heavy atom. The van der Waals surface area contributed by atoms with Gasteiger partial charge in [-0.3, -0.25) is 4.79 Å². The van der Waals surface area contributed by atoms with E-state index in [9.17, 15) is 4.79 Å². The summed E-state index contributed by atoms with van der Waals surface area (Å²) in [5, 5.41) is 0. The Balaban J connectivity index is 1.69. The van der Waals surface area contributed by atoms with Gasteiger partial charge >= 0.3 is 0 Å². The van der Waals surface area contributed by atoms with Gasteiger partial charge in [0, 0.05) is 12.8 Å². The molecule has 0 saturated heterocycles. The fourth-order valence-corrected chi connectivity index (χ4v) is 4.06. The molecule has 1 heteroatoms. The summed E-state index contributed by atoms with van der Waals surface area (Å²) in [5.74, 6) is 2.08. The summed E-state index contributed by atoms with van der Waals surface area (Å²) in [6.45, 7) is 4.44. The molecule has 21 heavy (non-hydrogen) atoms. The molecule has 1 atom stereocenters. The van der Waals surface area contributed by atoms with Crippen molar-refractivity contribution in [2.45, 2.75) is 58.8 Å². The molecule has 0 aliphatic heterocycles. The lowest BCUT2D eigenvalue weighted by atomic mass is 9.73. The van der Waals surface area contributed by atoms with Crippen molar-refractivity contribution in [3.63, 3.8) is 0 Å². The summed E-state index contributed by atoms with van der Waals surface area (Å²) in [7, 11) is 0. The van der Waals surface area contributed by atoms with Crippen LogP contribution in [-0.2, 0) is 4.79 Å². The van der Waals surface area contributed by atoms with Gasteiger partial charge in [0.05, 0.1) is 0 Å². The number of carbonyl (C=O) groups is 1. The SMILES string of the molecule is Cc1cccc(C2=CCC(C3CCC(=O)CC3)CC2)c1C. The highest BCUT2D eigenvalue weighted by molar-refractivity contribution is 5.79. The van der Waals surface area contributed by atoms with E-state index in [4.69, 9.17) is 0 Å². The van der Waals surface area contributed by atoms with Gasteiger partial charge in [0.15, 0.2) is 0 Å². The molecule has 1 aromatic carbocycles. The average molecular weight is 282 g/mol. The number of benzene rings is 1. The van der Waals surface area contributed by atoms with Gasteiger partial charge in [-0.2, -0.15) is 0 Å². The van der Waals surface area contributed by atoms with E-state index in [0.717, 1.165) is 37.5 Å². The minimum Gasteiger partial charge on any atom is -0.300 e. The van der Waals surface area contributed by atoms with Gasteiger partial charge in [0.2, 0.25) is 0 Å². The quantitative estimate of drug-likeness (QED) is 0.724. The first-order valence-electron chi connectivity index (χ1n) is 8.42. The molecule has 0 heterocycles. The first-order valence-corrected chi connectivity index (χ1v) is 8.42. The van der Waals surface area contributed by atoms with Crippen molar-refractivity contribution < 1.29 is 4.79 Å². The van der Waals surface area contributed by atoms with E-state index in [1.807, 2.05) is 0 Å². The molecule has 1 aromatic rings. The number of Topliss-reactive ketones (excluding diaryl/α,β-unsaturated/α-hetero) is 1. The van der Waals surface area contributed by atoms with Crippen molar-refractivity contribution in [3.05, 3.63) is 41.0 Å². The Morgan fingerprint density at radius 2 is 1.67 bits per heavy atom. The number of hydrogen-bond acceptors (Lipinski definition) is 1. The number of aryl methyl sites for hydroxylation is 1. The molecule has 1 fully saturated rings. The summed E-state index contributed by atoms with van der Waals surface area (Å²) in [4.78, 5) is 11.4. The van der Waals surface area contributed by atoms with Crippen molar-refractivity contribution in [1.82, 2.24) is 0 Å². The van der Waals surface area contributed by atoms with Crippen molar-refractivity contribution >= 4 is 11.4 Å². The van der Waals surface area contributed by atoms with Gasteiger partial charge in [0.25, 0.3) is 0 Å². The van der Waals surface area contributed by atoms with Crippen molar-refractivity contribution in [1.29, 1.82) is 0 Å². The Kier molecular flexibility index (Phi) is 4.28. The minimum atomic E-state index is 0.480. The third-order valence-corrected chi connectivity index (χ3v) is 5.66. The lowest BCUT2D eigenvalue weighted by Gasteiger charge is -2.32. The van der Waals surface area contributed by atoms with Gasteiger partial charge in [-0.15, -0.1) is 0 Å². The van der Waals surface area contributed by atoms with Gasteiger partial charge in [0.1, 0.15) is 5.78 Å². The highest BCUT2D eigenvalue weighted by Gasteiger charge is 2.28. The van der Waals surface area contributed by atoms with Crippen LogP contribution in [0.1, 0.15) is 61.6 Å². The number of rotatable bonds is 2. The zero-order valence-corrected chi connectivity index (χ0v) is 13.3. The molecule has 0 radical (unpaired) electrons. The first-order chi connectivity index (χ1) is 10.1. The van der Waals surface area contributed by atoms with Crippen LogP contribution in [0.4, 0.5) is 0 Å². The maximum absolute atomic E-state index is 11.4. The molecule has 0 N–H and O–H groups in total. The van der Waals surface area contributed by atoms with E-state index in [1.54, 1.807) is 5.57 Å². The van der Waals surface area contributed by atoms with E-state index < -0.39 is 0 Å². The number of hydrogen-bond donors (Lipinski definition) is 0. The van der Waals surface area contributed by atoms with Crippen LogP contribution in [0.2, 0.25) is 0 Å². The normalized spacial score (nSPS) is 24.0. The highest BCUT2D eigenvalue weighted by Crippen LogP contribution is 2.39. The highest BCUT2D eigenvalue weighted by atomic mass is 16.1. The number of allylic oxidation sites excluding steroid dienone is 2. The molecular formula is C20H26O. The van der Waals surface area contributed by atoms with E-state index in [2.05, 4.69) is 38.1 Å². The van der Waals surface area contributed by atoms with Crippen LogP contribution in [0, 0.1) is 25.7 Å². The molecule has 1 nitrogen and oxygen atoms in total. The first kappa shape index (κ1) is 14.6. The minimum absolute atomic E-state index is 0.480. The van der Waals surface area contributed by atoms with Crippen LogP contribution in [-0.4, -0.2) is 5.78 Å². The maximum atomic E-state index is 11.4. The van der Waals surface area contributed by atoms with Crippen LogP contribution in [0.25, 0.3) is 5.57 Å². The van der Waals surface area contributed by atoms with Gasteiger partial charge in [-0.05, 0) is 80.1 Å². The smallest absolute Gasteiger partial charge is 0.132 e. The maximum Gasteiger partial charge on any atom is 0.132 e. The molecule has 0 spiro atoms. The second-order valence-electron chi connectivity index (χ2n) is 6.89. The largest absolute Gasteiger partial charge is 0.300 e. The third kappa shape index (κ3) is 3.12. The number of ketones is 1. The molecule has 0 amide bonds. The molecular weight excluding hydrogens is 256 g/mol.